The second-order valence-corrected chi connectivity index (χ2v) is 37.5. The number of pyridine rings is 5. The van der Waals surface area contributed by atoms with Gasteiger partial charge in [-0.3, -0.25) is 24.0 Å². The van der Waals surface area contributed by atoms with Crippen molar-refractivity contribution in [2.75, 3.05) is 166 Å². The number of hydrogen-bond donors (Lipinski definition) is 5. The summed E-state index contributed by atoms with van der Waals surface area (Å²) in [5.74, 6) is 0.405. The number of rotatable bonds is 25. The van der Waals surface area contributed by atoms with E-state index in [4.69, 9.17) is 46.8 Å². The number of aliphatic hydroxyl groups is 3. The van der Waals surface area contributed by atoms with E-state index in [9.17, 15) is 39.3 Å². The molecule has 137 heavy (non-hydrogen) atoms. The number of likely N-dealkylation sites (tertiary alicyclic amines) is 5. The number of carbonyl (C=O) groups is 5. The zero-order valence-corrected chi connectivity index (χ0v) is 78.9. The number of aliphatic hydroxyl groups excluding tert-OH is 3. The molecule has 5 aliphatic carbocycles. The first kappa shape index (κ1) is 95.8. The molecule has 35 nitrogen and oxygen atoms in total. The molecule has 10 aliphatic rings. The van der Waals surface area contributed by atoms with Gasteiger partial charge in [-0.15, -0.1) is 25.5 Å². The van der Waals surface area contributed by atoms with Gasteiger partial charge in [0.25, 0.3) is 29.4 Å². The van der Waals surface area contributed by atoms with Gasteiger partial charge in [0, 0.05) is 131 Å². The van der Waals surface area contributed by atoms with Crippen LogP contribution in [0, 0.1) is 0 Å². The van der Waals surface area contributed by atoms with Crippen LogP contribution >= 0.6 is 11.6 Å². The second kappa shape index (κ2) is 42.3. The molecule has 10 aromatic heterocycles. The molecular weight excluding hydrogens is 1760 g/mol. The van der Waals surface area contributed by atoms with Gasteiger partial charge in [-0.1, -0.05) is 41.9 Å². The summed E-state index contributed by atoms with van der Waals surface area (Å²) in [7, 11) is 11.3. The second-order valence-electron chi connectivity index (χ2n) is 37.1. The van der Waals surface area contributed by atoms with Crippen molar-refractivity contribution < 1.29 is 85.4 Å². The van der Waals surface area contributed by atoms with Crippen LogP contribution in [0.4, 0.5) is 28.4 Å². The third kappa shape index (κ3) is 23.4. The molecule has 0 amide bonds. The molecule has 5 fully saturated rings. The van der Waals surface area contributed by atoms with E-state index in [0.717, 1.165) is 108 Å². The molecular formula is C101H118ClN22O13+5. The summed E-state index contributed by atoms with van der Waals surface area (Å²) in [6.07, 6.45) is 40.4. The maximum absolute atomic E-state index is 12.2. The molecule has 0 unspecified atom stereocenters. The Labute approximate surface area is 797 Å². The van der Waals surface area contributed by atoms with Crippen LogP contribution in [0.25, 0.3) is 27.6 Å². The van der Waals surface area contributed by atoms with Crippen LogP contribution in [0.15, 0.2) is 265 Å². The lowest BCUT2D eigenvalue weighted by atomic mass is 10.0. The normalized spacial score (nSPS) is 20.4. The van der Waals surface area contributed by atoms with E-state index in [2.05, 4.69) is 85.7 Å². The number of quaternary nitrogens is 5. The third-order valence-electron chi connectivity index (χ3n) is 26.5. The molecule has 10 aromatic rings. The first-order chi connectivity index (χ1) is 66.0. The summed E-state index contributed by atoms with van der Waals surface area (Å²) >= 11 is 5.95. The first-order valence-electron chi connectivity index (χ1n) is 46.6. The topological polar surface area (TPSA) is 393 Å². The maximum Gasteiger partial charge on any atom is 0.260 e. The molecule has 5 saturated heterocycles. The fourth-order valence-corrected chi connectivity index (χ4v) is 18.2. The Bertz CT molecular complexity index is 6620. The monoisotopic (exact) mass is 1880 g/mol. The SMILES string of the molecule is CC1=C(O)C(=Nc2c(OCC[N+]3(C)CCCC3)nn3ccccc23)C=CC1=O.C[N+]1(CCOc2nn3ccccc3c2N=C2C=C(Cl)C(O)=CC2=O)CCCC1.C[N+]1(CCOc2nn3ccccc3c2N=C2C=CC(=O)C=C2N)CCCC1.C[N+]1(CCOc2nn3ccccc3c2N=C2C=CC(=O)C=C2O)CCCC1.C[N+]1(CCOc2nn3ccccc3c2N=C2C=CC(N)=CC2=O)CCCC1. The minimum absolute atomic E-state index is 0.0729. The molecule has 20 rings (SSSR count). The Morgan fingerprint density at radius 1 is 0.336 bits per heavy atom. The van der Waals surface area contributed by atoms with E-state index < -0.39 is 5.78 Å². The van der Waals surface area contributed by atoms with Crippen LogP contribution in [0.5, 0.6) is 29.4 Å². The van der Waals surface area contributed by atoms with Gasteiger partial charge in [-0.05, 0) is 122 Å². The van der Waals surface area contributed by atoms with Crippen molar-refractivity contribution in [1.29, 1.82) is 0 Å². The van der Waals surface area contributed by atoms with Crippen molar-refractivity contribution in [2.45, 2.75) is 71.1 Å². The number of nitrogens with zero attached hydrogens (tertiary/aromatic N) is 20. The minimum Gasteiger partial charge on any atom is -0.506 e. The van der Waals surface area contributed by atoms with Crippen LogP contribution in [-0.4, -0.2) is 310 Å². The zero-order valence-electron chi connectivity index (χ0n) is 78.2. The number of ether oxygens (including phenoxy) is 5. The minimum atomic E-state index is -0.418. The van der Waals surface area contributed by atoms with Gasteiger partial charge < -0.3 is 72.9 Å². The molecule has 0 radical (unpaired) electrons. The van der Waals surface area contributed by atoms with Crippen molar-refractivity contribution in [1.82, 2.24) is 48.1 Å². The Morgan fingerprint density at radius 2 is 0.628 bits per heavy atom. The summed E-state index contributed by atoms with van der Waals surface area (Å²) in [5.41, 5.74) is 21.0. The molecule has 15 heterocycles. The maximum atomic E-state index is 12.2. The van der Waals surface area contributed by atoms with Gasteiger partial charge in [0.2, 0.25) is 11.6 Å². The molecule has 0 bridgehead atoms. The van der Waals surface area contributed by atoms with Crippen molar-refractivity contribution in [2.24, 2.45) is 36.4 Å². The molecule has 0 aromatic carbocycles. The number of allylic oxidation sites excluding steroid dienone is 15. The smallest absolute Gasteiger partial charge is 0.260 e. The molecule has 0 saturated carbocycles. The predicted molar refractivity (Wildman–Crippen MR) is 526 cm³/mol. The standard InChI is InChI=1S/C21H24N4O3.C20H21ClN4O3.2C20H23N5O2.C20H22N4O3/c1-15-18(26)9-8-16(20(15)27)22-19-17-7-3-4-10-24(17)23-21(19)28-14-13-25(2)11-5-6-12-25;1-25(8-4-5-9-25)10-11-28-20-19(16-6-2-3-7-24(16)23-20)22-15-12-14(21)17(26)13-18(15)27;1-25(10-4-5-11-25)12-13-27-20-19(18-6-2-3-9-24(18)23-20)22-17-8-7-15(26)14-16(17)21;1-25(10-4-5-11-25)12-13-27-20-19(17-6-2-3-9-24(17)23-20)22-16-8-7-15(21)14-18(16)26;1-24(10-4-5-11-24)12-13-27-20-19(17-6-2-3-9-23(17)22-20)21-16-8-7-15(25)14-18(16)26/h3-4,7-10H,5-6,11-14H2,1-2H3;2-3,6-7,12-13H,4-5,8-11H2,1H3;2*2-3,6-9,14H,4-5,10-13H2,1H3,(H-,21,26);2-3,6-9,14H,4-5,10-13H2,1H3/p+5. The van der Waals surface area contributed by atoms with Gasteiger partial charge in [-0.2, -0.15) is 0 Å². The molecule has 0 spiro atoms. The Balaban J connectivity index is 0.000000124. The largest absolute Gasteiger partial charge is 0.506 e. The summed E-state index contributed by atoms with van der Waals surface area (Å²) < 4.78 is 43.8. The average Bonchev–Trinajstić information content (AvgIpc) is 1.67. The third-order valence-corrected chi connectivity index (χ3v) is 26.8. The number of likely N-dealkylation sites (N-methyl/N-ethyl adjacent to an activating group) is 5. The van der Waals surface area contributed by atoms with Crippen LogP contribution < -0.4 is 35.2 Å². The highest BCUT2D eigenvalue weighted by Gasteiger charge is 2.34. The predicted octanol–water partition coefficient (Wildman–Crippen LogP) is 12.8. The van der Waals surface area contributed by atoms with E-state index in [1.165, 1.54) is 165 Å². The lowest BCUT2D eigenvalue weighted by molar-refractivity contribution is -0.897. The van der Waals surface area contributed by atoms with Crippen molar-refractivity contribution in [3.8, 4) is 29.4 Å². The Morgan fingerprint density at radius 3 is 0.964 bits per heavy atom. The molecule has 7 N–H and O–H groups in total. The fourth-order valence-electron chi connectivity index (χ4n) is 18.1. The highest BCUT2D eigenvalue weighted by Crippen LogP contribution is 2.40. The number of carbonyl (C=O) groups excluding carboxylic acids is 5. The lowest BCUT2D eigenvalue weighted by Crippen LogP contribution is -2.43. The van der Waals surface area contributed by atoms with Gasteiger partial charge in [0.05, 0.1) is 145 Å². The Kier molecular flexibility index (Phi) is 29.6. The van der Waals surface area contributed by atoms with Gasteiger partial charge in [0.1, 0.15) is 106 Å². The number of nitrogens with two attached hydrogens (primary N) is 2. The van der Waals surface area contributed by atoms with E-state index in [0.29, 0.717) is 125 Å². The highest BCUT2D eigenvalue weighted by molar-refractivity contribution is 6.52. The van der Waals surface area contributed by atoms with Crippen molar-refractivity contribution in [3.05, 3.63) is 240 Å². The molecule has 5 aliphatic heterocycles. The summed E-state index contributed by atoms with van der Waals surface area (Å²) in [6, 6.07) is 28.5. The molecule has 36 heteroatoms. The quantitative estimate of drug-likeness (QED) is 0.0201. The molecule has 712 valence electrons. The van der Waals surface area contributed by atoms with E-state index in [1.54, 1.807) is 53.9 Å². The summed E-state index contributed by atoms with van der Waals surface area (Å²) in [5, 5.41) is 52.6. The van der Waals surface area contributed by atoms with E-state index in [1.807, 2.05) is 116 Å². The highest BCUT2D eigenvalue weighted by atomic mass is 35.5. The number of ketones is 5. The lowest BCUT2D eigenvalue weighted by Gasteiger charge is -2.28. The average molecular weight is 1880 g/mol. The van der Waals surface area contributed by atoms with Crippen molar-refractivity contribution >= 4 is 125 Å². The van der Waals surface area contributed by atoms with Crippen LogP contribution in [0.2, 0.25) is 0 Å². The van der Waals surface area contributed by atoms with Crippen LogP contribution in [-0.2, 0) is 24.0 Å². The number of aliphatic imine (C=N–C) groups is 5. The number of hydrogen-bond acceptors (Lipinski definition) is 25. The number of aromatic nitrogens is 10. The van der Waals surface area contributed by atoms with Gasteiger partial charge in [0.15, 0.2) is 45.8 Å². The van der Waals surface area contributed by atoms with Crippen molar-refractivity contribution in [3.63, 3.8) is 0 Å². The zero-order chi connectivity index (χ0) is 96.0. The number of halogens is 1. The summed E-state index contributed by atoms with van der Waals surface area (Å²) in [6.45, 7) is 20.8. The molecule has 0 atom stereocenters. The Hall–Kier alpha value is -14.4. The van der Waals surface area contributed by atoms with E-state index in [-0.39, 0.29) is 56.7 Å². The fraction of sp³-hybridized carbons (Fsp3) is 0.356. The summed E-state index contributed by atoms with van der Waals surface area (Å²) in [4.78, 5) is 81.8. The first-order valence-corrected chi connectivity index (χ1v) is 47.0. The van der Waals surface area contributed by atoms with E-state index >= 15 is 0 Å². The van der Waals surface area contributed by atoms with Gasteiger partial charge in [-0.25, -0.2) is 47.5 Å². The van der Waals surface area contributed by atoms with Crippen LogP contribution in [0.1, 0.15) is 71.1 Å². The van der Waals surface area contributed by atoms with Gasteiger partial charge >= 0.3 is 0 Å². The number of fused-ring (bicyclic) bond motifs is 5. The van der Waals surface area contributed by atoms with Crippen LogP contribution in [0.3, 0.4) is 0 Å².